The van der Waals surface area contributed by atoms with Crippen molar-refractivity contribution in [3.05, 3.63) is 17.0 Å². The molecule has 20 heavy (non-hydrogen) atoms. The van der Waals surface area contributed by atoms with E-state index in [9.17, 15) is 4.79 Å². The molecule has 2 rings (SSSR count). The molecule has 0 N–H and O–H groups in total. The van der Waals surface area contributed by atoms with Gasteiger partial charge in [0.1, 0.15) is 5.76 Å². The summed E-state index contributed by atoms with van der Waals surface area (Å²) in [5.41, 5.74) is 2.00. The molecule has 1 amide bonds. The predicted octanol–water partition coefficient (Wildman–Crippen LogP) is 3.41. The minimum absolute atomic E-state index is 0.247. The maximum Gasteiger partial charge on any atom is 0.222 e. The third-order valence-electron chi connectivity index (χ3n) is 4.54. The highest BCUT2D eigenvalue weighted by atomic mass is 16.5. The van der Waals surface area contributed by atoms with Gasteiger partial charge in [-0.2, -0.15) is 0 Å². The topological polar surface area (TPSA) is 46.3 Å². The van der Waals surface area contributed by atoms with Crippen LogP contribution < -0.4 is 0 Å². The molecule has 0 spiro atoms. The number of rotatable bonds is 4. The summed E-state index contributed by atoms with van der Waals surface area (Å²) in [6.45, 7) is 3.85. The Kier molecular flexibility index (Phi) is 5.21. The van der Waals surface area contributed by atoms with Crippen molar-refractivity contribution in [2.75, 3.05) is 7.05 Å². The summed E-state index contributed by atoms with van der Waals surface area (Å²) < 4.78 is 5.15. The Hall–Kier alpha value is -1.32. The zero-order valence-electron chi connectivity index (χ0n) is 12.9. The Morgan fingerprint density at radius 1 is 1.25 bits per heavy atom. The van der Waals surface area contributed by atoms with Gasteiger partial charge in [0.25, 0.3) is 0 Å². The summed E-state index contributed by atoms with van der Waals surface area (Å²) in [7, 11) is 1.96. The van der Waals surface area contributed by atoms with Crippen molar-refractivity contribution in [3.8, 4) is 0 Å². The van der Waals surface area contributed by atoms with Crippen LogP contribution in [0.25, 0.3) is 0 Å². The van der Waals surface area contributed by atoms with Crippen LogP contribution in [-0.4, -0.2) is 29.1 Å². The molecule has 112 valence electrons. The predicted molar refractivity (Wildman–Crippen MR) is 78.6 cm³/mol. The molecule has 1 heterocycles. The van der Waals surface area contributed by atoms with E-state index >= 15 is 0 Å². The number of amides is 1. The lowest BCUT2D eigenvalue weighted by atomic mass is 10.0. The van der Waals surface area contributed by atoms with E-state index < -0.39 is 0 Å². The Morgan fingerprint density at radius 2 is 1.90 bits per heavy atom. The number of nitrogens with zero attached hydrogens (tertiary/aromatic N) is 2. The number of hydrogen-bond donors (Lipinski definition) is 0. The van der Waals surface area contributed by atoms with E-state index in [4.69, 9.17) is 4.52 Å². The van der Waals surface area contributed by atoms with Crippen LogP contribution in [0.3, 0.4) is 0 Å². The van der Waals surface area contributed by atoms with Crippen LogP contribution in [0.5, 0.6) is 0 Å². The number of aryl methyl sites for hydroxylation is 2. The molecule has 1 aliphatic carbocycles. The fourth-order valence-corrected chi connectivity index (χ4v) is 3.12. The summed E-state index contributed by atoms with van der Waals surface area (Å²) in [4.78, 5) is 14.3. The van der Waals surface area contributed by atoms with Crippen molar-refractivity contribution in [1.82, 2.24) is 10.1 Å². The molecule has 0 radical (unpaired) electrons. The number of aromatic nitrogens is 1. The molecule has 0 saturated heterocycles. The summed E-state index contributed by atoms with van der Waals surface area (Å²) in [5.74, 6) is 1.09. The first kappa shape index (κ1) is 15.1. The normalized spacial score (nSPS) is 16.9. The van der Waals surface area contributed by atoms with Gasteiger partial charge in [-0.15, -0.1) is 0 Å². The van der Waals surface area contributed by atoms with Crippen LogP contribution >= 0.6 is 0 Å². The van der Waals surface area contributed by atoms with Gasteiger partial charge in [-0.05, 0) is 33.1 Å². The van der Waals surface area contributed by atoms with E-state index in [0.717, 1.165) is 36.3 Å². The first-order valence-electron chi connectivity index (χ1n) is 7.77. The number of carbonyl (C=O) groups excluding carboxylic acids is 1. The van der Waals surface area contributed by atoms with E-state index in [1.807, 2.05) is 25.8 Å². The maximum absolute atomic E-state index is 12.3. The molecule has 0 bridgehead atoms. The first-order valence-corrected chi connectivity index (χ1v) is 7.77. The fraction of sp³-hybridized carbons (Fsp3) is 0.750. The summed E-state index contributed by atoms with van der Waals surface area (Å²) in [5, 5.41) is 3.94. The lowest BCUT2D eigenvalue weighted by Crippen LogP contribution is -2.36. The molecular formula is C16H26N2O2. The number of hydrogen-bond acceptors (Lipinski definition) is 3. The molecule has 0 aromatic carbocycles. The molecule has 1 aromatic rings. The quantitative estimate of drug-likeness (QED) is 0.793. The second kappa shape index (κ2) is 6.91. The van der Waals surface area contributed by atoms with Gasteiger partial charge >= 0.3 is 0 Å². The van der Waals surface area contributed by atoms with Gasteiger partial charge in [0, 0.05) is 25.1 Å². The minimum Gasteiger partial charge on any atom is -0.361 e. The maximum atomic E-state index is 12.3. The Balaban J connectivity index is 1.87. The molecule has 1 fully saturated rings. The van der Waals surface area contributed by atoms with Crippen molar-refractivity contribution in [2.45, 2.75) is 71.3 Å². The SMILES string of the molecule is Cc1noc(C)c1CCC(=O)N(C)C1CCCCCC1. The van der Waals surface area contributed by atoms with Crippen LogP contribution in [0.2, 0.25) is 0 Å². The lowest BCUT2D eigenvalue weighted by Gasteiger charge is -2.27. The van der Waals surface area contributed by atoms with Crippen molar-refractivity contribution >= 4 is 5.91 Å². The fourth-order valence-electron chi connectivity index (χ4n) is 3.12. The van der Waals surface area contributed by atoms with Gasteiger partial charge in [0.15, 0.2) is 0 Å². The standard InChI is InChI=1S/C16H26N2O2/c1-12-15(13(2)20-17-12)10-11-16(19)18(3)14-8-6-4-5-7-9-14/h14H,4-11H2,1-3H3. The van der Waals surface area contributed by atoms with E-state index in [1.54, 1.807) is 0 Å². The van der Waals surface area contributed by atoms with Gasteiger partial charge in [-0.1, -0.05) is 30.8 Å². The minimum atomic E-state index is 0.247. The van der Waals surface area contributed by atoms with Crippen LogP contribution in [0.15, 0.2) is 4.52 Å². The summed E-state index contributed by atoms with van der Waals surface area (Å²) >= 11 is 0. The highest BCUT2D eigenvalue weighted by Gasteiger charge is 2.21. The Labute approximate surface area is 121 Å². The molecule has 1 aliphatic rings. The van der Waals surface area contributed by atoms with Crippen molar-refractivity contribution in [2.24, 2.45) is 0 Å². The Morgan fingerprint density at radius 3 is 2.45 bits per heavy atom. The van der Waals surface area contributed by atoms with Gasteiger partial charge in [-0.3, -0.25) is 4.79 Å². The van der Waals surface area contributed by atoms with E-state index in [0.29, 0.717) is 12.5 Å². The molecule has 0 unspecified atom stereocenters. The molecule has 4 nitrogen and oxygen atoms in total. The highest BCUT2D eigenvalue weighted by molar-refractivity contribution is 5.76. The van der Waals surface area contributed by atoms with Gasteiger partial charge < -0.3 is 9.42 Å². The smallest absolute Gasteiger partial charge is 0.222 e. The third kappa shape index (κ3) is 3.62. The zero-order valence-corrected chi connectivity index (χ0v) is 12.9. The zero-order chi connectivity index (χ0) is 14.5. The van der Waals surface area contributed by atoms with E-state index in [1.165, 1.54) is 25.7 Å². The van der Waals surface area contributed by atoms with Crippen LogP contribution in [0, 0.1) is 13.8 Å². The van der Waals surface area contributed by atoms with E-state index in [2.05, 4.69) is 5.16 Å². The van der Waals surface area contributed by atoms with Crippen molar-refractivity contribution in [1.29, 1.82) is 0 Å². The largest absolute Gasteiger partial charge is 0.361 e. The second-order valence-corrected chi connectivity index (χ2v) is 5.95. The molecular weight excluding hydrogens is 252 g/mol. The summed E-state index contributed by atoms with van der Waals surface area (Å²) in [6, 6.07) is 0.440. The number of carbonyl (C=O) groups is 1. The highest BCUT2D eigenvalue weighted by Crippen LogP contribution is 2.22. The van der Waals surface area contributed by atoms with Gasteiger partial charge in [-0.25, -0.2) is 0 Å². The third-order valence-corrected chi connectivity index (χ3v) is 4.54. The second-order valence-electron chi connectivity index (χ2n) is 5.95. The molecule has 1 saturated carbocycles. The lowest BCUT2D eigenvalue weighted by molar-refractivity contribution is -0.132. The van der Waals surface area contributed by atoms with Crippen LogP contribution in [0.4, 0.5) is 0 Å². The molecule has 0 atom stereocenters. The van der Waals surface area contributed by atoms with Crippen LogP contribution in [0.1, 0.15) is 62.0 Å². The average molecular weight is 278 g/mol. The molecule has 1 aromatic heterocycles. The molecule has 0 aliphatic heterocycles. The molecule has 4 heteroatoms. The Bertz CT molecular complexity index is 426. The monoisotopic (exact) mass is 278 g/mol. The van der Waals surface area contributed by atoms with Crippen molar-refractivity contribution in [3.63, 3.8) is 0 Å². The first-order chi connectivity index (χ1) is 9.59. The van der Waals surface area contributed by atoms with Crippen LogP contribution in [-0.2, 0) is 11.2 Å². The summed E-state index contributed by atoms with van der Waals surface area (Å²) in [6.07, 6.45) is 8.75. The average Bonchev–Trinajstić information content (AvgIpc) is 2.66. The van der Waals surface area contributed by atoms with Gasteiger partial charge in [0.2, 0.25) is 5.91 Å². The van der Waals surface area contributed by atoms with E-state index in [-0.39, 0.29) is 5.91 Å². The van der Waals surface area contributed by atoms with Crippen molar-refractivity contribution < 1.29 is 9.32 Å². The van der Waals surface area contributed by atoms with Gasteiger partial charge in [0.05, 0.1) is 5.69 Å².